The van der Waals surface area contributed by atoms with Crippen LogP contribution in [0.4, 0.5) is 5.69 Å². The molecule has 1 amide bonds. The predicted molar refractivity (Wildman–Crippen MR) is 76.5 cm³/mol. The maximum atomic E-state index is 11.9. The minimum Gasteiger partial charge on any atom is -0.382 e. The van der Waals surface area contributed by atoms with E-state index in [0.717, 1.165) is 24.9 Å². The first-order valence-corrected chi connectivity index (χ1v) is 6.90. The van der Waals surface area contributed by atoms with Gasteiger partial charge < -0.3 is 15.4 Å². The normalized spacial score (nSPS) is 21.6. The predicted octanol–water partition coefficient (Wildman–Crippen LogP) is 2.42. The van der Waals surface area contributed by atoms with E-state index in [4.69, 9.17) is 4.74 Å². The Balaban J connectivity index is 1.90. The summed E-state index contributed by atoms with van der Waals surface area (Å²) in [6.45, 7) is 2.76. The molecule has 0 bridgehead atoms. The number of hydrogen-bond acceptors (Lipinski definition) is 3. The summed E-state index contributed by atoms with van der Waals surface area (Å²) in [5.74, 6) is -0.00567. The van der Waals surface area contributed by atoms with Gasteiger partial charge in [-0.2, -0.15) is 0 Å². The quantitative estimate of drug-likeness (QED) is 0.827. The average Bonchev–Trinajstić information content (AvgIpc) is 2.40. The van der Waals surface area contributed by atoms with E-state index >= 15 is 0 Å². The van der Waals surface area contributed by atoms with E-state index in [-0.39, 0.29) is 5.91 Å². The lowest BCUT2D eigenvalue weighted by Crippen LogP contribution is -2.40. The molecule has 0 radical (unpaired) electrons. The topological polar surface area (TPSA) is 50.4 Å². The van der Waals surface area contributed by atoms with Crippen LogP contribution in [0.15, 0.2) is 24.3 Å². The van der Waals surface area contributed by atoms with Gasteiger partial charge in [-0.1, -0.05) is 13.0 Å². The number of hydrogen-bond donors (Lipinski definition) is 2. The first-order valence-electron chi connectivity index (χ1n) is 6.90. The SMILES string of the molecule is CCCNC(=O)c1cccc(NC2CC(OC)C2)c1. The smallest absolute Gasteiger partial charge is 0.251 e. The van der Waals surface area contributed by atoms with Crippen molar-refractivity contribution in [3.8, 4) is 0 Å². The highest BCUT2D eigenvalue weighted by Gasteiger charge is 2.28. The van der Waals surface area contributed by atoms with Crippen LogP contribution in [0.3, 0.4) is 0 Å². The lowest BCUT2D eigenvalue weighted by atomic mass is 9.89. The Hall–Kier alpha value is -1.55. The summed E-state index contributed by atoms with van der Waals surface area (Å²) in [5, 5.41) is 6.32. The summed E-state index contributed by atoms with van der Waals surface area (Å²) in [7, 11) is 1.75. The van der Waals surface area contributed by atoms with Crippen molar-refractivity contribution in [1.29, 1.82) is 0 Å². The van der Waals surface area contributed by atoms with Crippen molar-refractivity contribution < 1.29 is 9.53 Å². The molecule has 0 saturated heterocycles. The van der Waals surface area contributed by atoms with Gasteiger partial charge in [0.2, 0.25) is 0 Å². The van der Waals surface area contributed by atoms with E-state index in [2.05, 4.69) is 10.6 Å². The largest absolute Gasteiger partial charge is 0.382 e. The first kappa shape index (κ1) is 13.9. The number of methoxy groups -OCH3 is 1. The molecule has 2 rings (SSSR count). The third-order valence-corrected chi connectivity index (χ3v) is 3.46. The van der Waals surface area contributed by atoms with Crippen LogP contribution in [0, 0.1) is 0 Å². The standard InChI is InChI=1S/C15H22N2O2/c1-3-7-16-15(18)11-5-4-6-12(8-11)17-13-9-14(10-13)19-2/h4-6,8,13-14,17H,3,7,9-10H2,1-2H3,(H,16,18). The molecule has 19 heavy (non-hydrogen) atoms. The van der Waals surface area contributed by atoms with Crippen LogP contribution in [0.5, 0.6) is 0 Å². The van der Waals surface area contributed by atoms with Crippen molar-refractivity contribution in [1.82, 2.24) is 5.32 Å². The fourth-order valence-electron chi connectivity index (χ4n) is 2.20. The Morgan fingerprint density at radius 3 is 2.89 bits per heavy atom. The molecule has 0 aromatic heterocycles. The van der Waals surface area contributed by atoms with Gasteiger partial charge in [-0.3, -0.25) is 4.79 Å². The molecule has 1 fully saturated rings. The maximum absolute atomic E-state index is 11.9. The number of ether oxygens (including phenoxy) is 1. The van der Waals surface area contributed by atoms with Gasteiger partial charge in [0.05, 0.1) is 6.10 Å². The van der Waals surface area contributed by atoms with E-state index in [1.165, 1.54) is 0 Å². The van der Waals surface area contributed by atoms with Crippen LogP contribution in [0.1, 0.15) is 36.5 Å². The molecule has 1 aromatic carbocycles. The number of carbonyl (C=O) groups excluding carboxylic acids is 1. The summed E-state index contributed by atoms with van der Waals surface area (Å²) in [6.07, 6.45) is 3.39. The summed E-state index contributed by atoms with van der Waals surface area (Å²) in [6, 6.07) is 8.12. The Morgan fingerprint density at radius 1 is 1.42 bits per heavy atom. The van der Waals surface area contributed by atoms with Gasteiger partial charge in [0.25, 0.3) is 5.91 Å². The van der Waals surface area contributed by atoms with Gasteiger partial charge in [-0.15, -0.1) is 0 Å². The zero-order valence-corrected chi connectivity index (χ0v) is 11.6. The Morgan fingerprint density at radius 2 is 2.21 bits per heavy atom. The third-order valence-electron chi connectivity index (χ3n) is 3.46. The zero-order chi connectivity index (χ0) is 13.7. The highest BCUT2D eigenvalue weighted by atomic mass is 16.5. The lowest BCUT2D eigenvalue weighted by Gasteiger charge is -2.35. The summed E-state index contributed by atoms with van der Waals surface area (Å²) in [4.78, 5) is 11.9. The molecule has 0 unspecified atom stereocenters. The van der Waals surface area contributed by atoms with Gasteiger partial charge in [0, 0.05) is 30.9 Å². The molecule has 0 atom stereocenters. The van der Waals surface area contributed by atoms with Gasteiger partial charge >= 0.3 is 0 Å². The van der Waals surface area contributed by atoms with Crippen LogP contribution in [0.2, 0.25) is 0 Å². The highest BCUT2D eigenvalue weighted by Crippen LogP contribution is 2.26. The van der Waals surface area contributed by atoms with Crippen molar-refractivity contribution in [3.05, 3.63) is 29.8 Å². The van der Waals surface area contributed by atoms with Crippen molar-refractivity contribution in [3.63, 3.8) is 0 Å². The minimum absolute atomic E-state index is 0.00567. The van der Waals surface area contributed by atoms with Crippen molar-refractivity contribution in [2.45, 2.75) is 38.3 Å². The van der Waals surface area contributed by atoms with E-state index in [1.54, 1.807) is 7.11 Å². The molecule has 1 aliphatic rings. The second-order valence-corrected chi connectivity index (χ2v) is 5.01. The van der Waals surface area contributed by atoms with Crippen LogP contribution < -0.4 is 10.6 Å². The van der Waals surface area contributed by atoms with E-state index in [0.29, 0.717) is 24.3 Å². The van der Waals surface area contributed by atoms with Crippen molar-refractivity contribution >= 4 is 11.6 Å². The molecule has 1 aliphatic carbocycles. The summed E-state index contributed by atoms with van der Waals surface area (Å²) in [5.41, 5.74) is 1.71. The lowest BCUT2D eigenvalue weighted by molar-refractivity contribution is 0.0328. The van der Waals surface area contributed by atoms with Gasteiger partial charge in [0.1, 0.15) is 0 Å². The van der Waals surface area contributed by atoms with E-state index < -0.39 is 0 Å². The molecule has 4 nitrogen and oxygen atoms in total. The van der Waals surface area contributed by atoms with E-state index in [9.17, 15) is 4.79 Å². The summed E-state index contributed by atoms with van der Waals surface area (Å²) < 4.78 is 5.26. The fourth-order valence-corrected chi connectivity index (χ4v) is 2.20. The average molecular weight is 262 g/mol. The number of carbonyl (C=O) groups is 1. The molecule has 0 spiro atoms. The summed E-state index contributed by atoms with van der Waals surface area (Å²) >= 11 is 0. The number of nitrogens with one attached hydrogen (secondary N) is 2. The van der Waals surface area contributed by atoms with Crippen LogP contribution >= 0.6 is 0 Å². The second-order valence-electron chi connectivity index (χ2n) is 5.01. The van der Waals surface area contributed by atoms with Gasteiger partial charge in [0.15, 0.2) is 0 Å². The third kappa shape index (κ3) is 3.70. The van der Waals surface area contributed by atoms with Crippen LogP contribution in [-0.2, 0) is 4.74 Å². The Kier molecular flexibility index (Phi) is 4.80. The molecule has 0 aliphatic heterocycles. The maximum Gasteiger partial charge on any atom is 0.251 e. The second kappa shape index (κ2) is 6.57. The van der Waals surface area contributed by atoms with Crippen molar-refractivity contribution in [2.24, 2.45) is 0 Å². The Bertz CT molecular complexity index is 428. The number of benzene rings is 1. The molecule has 2 N–H and O–H groups in total. The molecular weight excluding hydrogens is 240 g/mol. The fraction of sp³-hybridized carbons (Fsp3) is 0.533. The zero-order valence-electron chi connectivity index (χ0n) is 11.6. The molecule has 1 aromatic rings. The van der Waals surface area contributed by atoms with E-state index in [1.807, 2.05) is 31.2 Å². The van der Waals surface area contributed by atoms with Crippen molar-refractivity contribution in [2.75, 3.05) is 19.0 Å². The minimum atomic E-state index is -0.00567. The van der Waals surface area contributed by atoms with Gasteiger partial charge in [-0.25, -0.2) is 0 Å². The molecule has 104 valence electrons. The molecule has 0 heterocycles. The number of rotatable bonds is 6. The molecule has 1 saturated carbocycles. The monoisotopic (exact) mass is 262 g/mol. The van der Waals surface area contributed by atoms with Gasteiger partial charge in [-0.05, 0) is 37.5 Å². The number of amides is 1. The Labute approximate surface area is 114 Å². The van der Waals surface area contributed by atoms with Crippen LogP contribution in [-0.4, -0.2) is 31.7 Å². The highest BCUT2D eigenvalue weighted by molar-refractivity contribution is 5.95. The molecule has 4 heteroatoms. The molecular formula is C15H22N2O2. The number of anilines is 1. The first-order chi connectivity index (χ1) is 9.22. The van der Waals surface area contributed by atoms with Crippen LogP contribution in [0.25, 0.3) is 0 Å².